The summed E-state index contributed by atoms with van der Waals surface area (Å²) < 4.78 is 0. The molecule has 0 radical (unpaired) electrons. The van der Waals surface area contributed by atoms with Gasteiger partial charge in [0.25, 0.3) is 11.8 Å². The van der Waals surface area contributed by atoms with Crippen molar-refractivity contribution in [2.45, 2.75) is 100 Å². The van der Waals surface area contributed by atoms with Gasteiger partial charge in [-0.3, -0.25) is 34.3 Å². The molecule has 4 amide bonds. The van der Waals surface area contributed by atoms with Crippen molar-refractivity contribution >= 4 is 29.3 Å². The minimum Gasteiger partial charge on any atom is -0.508 e. The Hall–Kier alpha value is -5.32. The normalized spacial score (nSPS) is 26.5. The fourth-order valence-electron chi connectivity index (χ4n) is 10.6. The third kappa shape index (κ3) is 6.19. The maximum atomic E-state index is 13.4. The van der Waals surface area contributed by atoms with Crippen LogP contribution < -0.4 is 15.5 Å². The minimum atomic E-state index is -0.943. The first-order valence-corrected chi connectivity index (χ1v) is 20.4. The van der Waals surface area contributed by atoms with E-state index in [1.54, 1.807) is 0 Å². The monoisotopic (exact) mass is 749 g/mol. The van der Waals surface area contributed by atoms with Crippen molar-refractivity contribution in [3.8, 4) is 5.75 Å². The molecule has 6 aliphatic rings. The first-order valence-electron chi connectivity index (χ1n) is 20.4. The number of benzene rings is 4. The fraction of sp³-hybridized carbons (Fsp3) is 0.391. The van der Waals surface area contributed by atoms with Gasteiger partial charge in [0.05, 0.1) is 11.1 Å². The smallest absolute Gasteiger partial charge is 0.262 e. The van der Waals surface area contributed by atoms with Gasteiger partial charge in [-0.15, -0.1) is 0 Å². The highest BCUT2D eigenvalue weighted by Crippen LogP contribution is 2.47. The molecule has 1 saturated carbocycles. The fourth-order valence-corrected chi connectivity index (χ4v) is 10.6. The molecule has 2 saturated heterocycles. The molecule has 56 heavy (non-hydrogen) atoms. The number of rotatable bonds is 7. The number of phenols is 1. The number of phenolic OH excluding ortho intramolecular Hbond substituents is 1. The summed E-state index contributed by atoms with van der Waals surface area (Å²) in [6.45, 7) is 3.51. The number of imide groups is 2. The van der Waals surface area contributed by atoms with Gasteiger partial charge in [-0.2, -0.15) is 0 Å². The summed E-state index contributed by atoms with van der Waals surface area (Å²) in [6, 6.07) is 30.2. The predicted octanol–water partition coefficient (Wildman–Crippen LogP) is 5.76. The van der Waals surface area contributed by atoms with Gasteiger partial charge in [0.2, 0.25) is 11.8 Å². The lowest BCUT2D eigenvalue weighted by Crippen LogP contribution is -2.61. The molecule has 4 heterocycles. The molecule has 10 nitrogen and oxygen atoms in total. The van der Waals surface area contributed by atoms with E-state index in [-0.39, 0.29) is 24.7 Å². The van der Waals surface area contributed by atoms with Crippen LogP contribution in [0.2, 0.25) is 0 Å². The van der Waals surface area contributed by atoms with Crippen molar-refractivity contribution in [3.63, 3.8) is 0 Å². The molecule has 4 aromatic rings. The average molecular weight is 750 g/mol. The Kier molecular flexibility index (Phi) is 8.78. The quantitative estimate of drug-likeness (QED) is 0.204. The first kappa shape index (κ1) is 35.1. The number of hydrogen-bond acceptors (Lipinski definition) is 8. The number of amides is 4. The maximum Gasteiger partial charge on any atom is 0.262 e. The van der Waals surface area contributed by atoms with Gasteiger partial charge in [0, 0.05) is 62.3 Å². The minimum absolute atomic E-state index is 0.114. The number of aryl methyl sites for hydroxylation is 1. The summed E-state index contributed by atoms with van der Waals surface area (Å²) in [5.41, 5.74) is 9.43. The molecular weight excluding hydrogens is 703 g/mol. The van der Waals surface area contributed by atoms with Crippen LogP contribution in [0.5, 0.6) is 5.75 Å². The Bertz CT molecular complexity index is 2180. The Morgan fingerprint density at radius 2 is 1.36 bits per heavy atom. The Morgan fingerprint density at radius 3 is 2.04 bits per heavy atom. The molecule has 3 atom stereocenters. The topological polar surface area (TPSA) is 122 Å². The molecule has 3 N–H and O–H groups in total. The predicted molar refractivity (Wildman–Crippen MR) is 211 cm³/mol. The van der Waals surface area contributed by atoms with Crippen LogP contribution in [-0.2, 0) is 29.1 Å². The molecule has 10 heteroatoms. The molecule has 1 unspecified atom stereocenters. The van der Waals surface area contributed by atoms with E-state index in [1.165, 1.54) is 27.9 Å². The number of hydrogen-bond donors (Lipinski definition) is 3. The van der Waals surface area contributed by atoms with Crippen molar-refractivity contribution in [2.24, 2.45) is 0 Å². The van der Waals surface area contributed by atoms with Gasteiger partial charge in [-0.05, 0) is 121 Å². The summed E-state index contributed by atoms with van der Waals surface area (Å²) in [5.74, 6) is -0.852. The van der Waals surface area contributed by atoms with Gasteiger partial charge < -0.3 is 15.3 Å². The molecule has 3 fully saturated rings. The largest absolute Gasteiger partial charge is 0.508 e. The summed E-state index contributed by atoms with van der Waals surface area (Å²) in [5, 5.41) is 16.4. The van der Waals surface area contributed by atoms with Crippen LogP contribution in [0.1, 0.15) is 111 Å². The van der Waals surface area contributed by atoms with Crippen LogP contribution in [0.3, 0.4) is 0 Å². The highest BCUT2D eigenvalue weighted by atomic mass is 16.3. The van der Waals surface area contributed by atoms with E-state index in [9.17, 15) is 24.3 Å². The second kappa shape index (κ2) is 14.0. The van der Waals surface area contributed by atoms with E-state index in [2.05, 4.69) is 81.1 Å². The van der Waals surface area contributed by atoms with E-state index in [0.717, 1.165) is 80.7 Å². The van der Waals surface area contributed by atoms with Crippen molar-refractivity contribution in [1.29, 1.82) is 0 Å². The van der Waals surface area contributed by atoms with Gasteiger partial charge >= 0.3 is 0 Å². The number of carbonyl (C=O) groups is 4. The number of carbonyl (C=O) groups excluding carboxylic acids is 4. The van der Waals surface area contributed by atoms with Crippen LogP contribution in [0.25, 0.3) is 0 Å². The van der Waals surface area contributed by atoms with Crippen molar-refractivity contribution in [3.05, 3.63) is 129 Å². The van der Waals surface area contributed by atoms with E-state index in [4.69, 9.17) is 0 Å². The van der Waals surface area contributed by atoms with Crippen molar-refractivity contribution in [1.82, 2.24) is 20.4 Å². The SMILES string of the molecule is O=C1CCC(N2C(=O)c3cc4c(cc3C2=O)CN(C2CCC(NC3CN(c5ccc([C@@H]6c7ccc(O)cc7CC[C@@H]6c6ccccc6)cc5)C3)CC2)C4)C(=O)N1. The third-order valence-corrected chi connectivity index (χ3v) is 13.5. The van der Waals surface area contributed by atoms with Crippen LogP contribution in [-0.4, -0.2) is 75.8 Å². The summed E-state index contributed by atoms with van der Waals surface area (Å²) in [4.78, 5) is 56.8. The molecule has 0 bridgehead atoms. The lowest BCUT2D eigenvalue weighted by atomic mass is 9.69. The second-order valence-electron chi connectivity index (χ2n) is 16.8. The van der Waals surface area contributed by atoms with Gasteiger partial charge in [-0.25, -0.2) is 0 Å². The van der Waals surface area contributed by atoms with Gasteiger partial charge in [-0.1, -0.05) is 48.5 Å². The highest BCUT2D eigenvalue weighted by molar-refractivity contribution is 6.23. The summed E-state index contributed by atoms with van der Waals surface area (Å²) in [7, 11) is 0. The standard InChI is InChI=1S/C46H47N5O5/c52-36-15-17-38-29(20-36)8-16-37(27-4-2-1-3-5-27)43(38)28-6-11-34(12-7-28)50-25-33(26-50)47-32-9-13-35(14-10-32)49-23-30-21-39-40(22-31(30)24-49)46(56)51(45(39)55)41-18-19-42(53)48-44(41)54/h1-7,11-12,15,17,20-22,32-33,35,37,41,43,47,52H,8-10,13-14,16,18-19,23-26H2,(H,48,53,54)/t32?,35?,37-,41?,43+/m1/s1. The Balaban J connectivity index is 0.723. The van der Waals surface area contributed by atoms with Crippen molar-refractivity contribution in [2.75, 3.05) is 18.0 Å². The molecule has 0 spiro atoms. The van der Waals surface area contributed by atoms with Crippen LogP contribution in [0, 0.1) is 0 Å². The van der Waals surface area contributed by atoms with Crippen LogP contribution in [0.15, 0.2) is 84.9 Å². The van der Waals surface area contributed by atoms with Crippen LogP contribution in [0.4, 0.5) is 5.69 Å². The number of nitrogens with zero attached hydrogens (tertiary/aromatic N) is 3. The van der Waals surface area contributed by atoms with Gasteiger partial charge in [0.15, 0.2) is 0 Å². The molecule has 0 aromatic heterocycles. The molecule has 286 valence electrons. The average Bonchev–Trinajstić information content (AvgIpc) is 3.72. The van der Waals surface area contributed by atoms with E-state index in [1.807, 2.05) is 24.3 Å². The van der Waals surface area contributed by atoms with Crippen LogP contribution >= 0.6 is 0 Å². The van der Waals surface area contributed by atoms with E-state index in [0.29, 0.717) is 40.9 Å². The first-order chi connectivity index (χ1) is 27.3. The summed E-state index contributed by atoms with van der Waals surface area (Å²) in [6.07, 6.45) is 6.77. The summed E-state index contributed by atoms with van der Waals surface area (Å²) >= 11 is 0. The van der Waals surface area contributed by atoms with Crippen molar-refractivity contribution < 1.29 is 24.3 Å². The Morgan fingerprint density at radius 1 is 0.661 bits per heavy atom. The zero-order valence-corrected chi connectivity index (χ0v) is 31.5. The molecule has 4 aliphatic heterocycles. The maximum absolute atomic E-state index is 13.4. The highest BCUT2D eigenvalue weighted by Gasteiger charge is 2.46. The lowest BCUT2D eigenvalue weighted by Gasteiger charge is -2.45. The third-order valence-electron chi connectivity index (χ3n) is 13.5. The molecular formula is C46H47N5O5. The number of nitrogens with one attached hydrogen (secondary N) is 2. The molecule has 2 aliphatic carbocycles. The Labute approximate surface area is 326 Å². The van der Waals surface area contributed by atoms with E-state index < -0.39 is 23.8 Å². The van der Waals surface area contributed by atoms with E-state index >= 15 is 0 Å². The number of anilines is 1. The number of fused-ring (bicyclic) bond motifs is 3. The zero-order chi connectivity index (χ0) is 38.1. The lowest BCUT2D eigenvalue weighted by molar-refractivity contribution is -0.136. The zero-order valence-electron chi connectivity index (χ0n) is 31.5. The number of aromatic hydroxyl groups is 1. The molecule has 10 rings (SSSR count). The number of piperidine rings is 1. The van der Waals surface area contributed by atoms with Gasteiger partial charge in [0.1, 0.15) is 11.8 Å². The molecule has 4 aromatic carbocycles. The second-order valence-corrected chi connectivity index (χ2v) is 16.8.